The highest BCUT2D eigenvalue weighted by molar-refractivity contribution is 5.95. The van der Waals surface area contributed by atoms with Gasteiger partial charge in [0.05, 0.1) is 19.4 Å². The molecule has 1 saturated heterocycles. The van der Waals surface area contributed by atoms with Gasteiger partial charge in [-0.05, 0) is 69.7 Å². The lowest BCUT2D eigenvalue weighted by atomic mass is 9.90. The lowest BCUT2D eigenvalue weighted by Crippen LogP contribution is -2.36. The van der Waals surface area contributed by atoms with Crippen molar-refractivity contribution >= 4 is 5.91 Å². The molecule has 7 nitrogen and oxygen atoms in total. The Balaban J connectivity index is 1.33. The van der Waals surface area contributed by atoms with E-state index in [0.29, 0.717) is 24.6 Å². The number of aromatic amines is 1. The highest BCUT2D eigenvalue weighted by atomic mass is 16.5. The molecule has 192 valence electrons. The van der Waals surface area contributed by atoms with Gasteiger partial charge in [0.2, 0.25) is 0 Å². The molecule has 3 aromatic rings. The third-order valence-corrected chi connectivity index (χ3v) is 6.75. The van der Waals surface area contributed by atoms with Gasteiger partial charge in [0.1, 0.15) is 0 Å². The van der Waals surface area contributed by atoms with Gasteiger partial charge in [-0.2, -0.15) is 5.10 Å². The number of nitrogens with one attached hydrogen (secondary N) is 2. The maximum Gasteiger partial charge on any atom is 0.251 e. The molecule has 36 heavy (non-hydrogen) atoms. The van der Waals surface area contributed by atoms with E-state index in [4.69, 9.17) is 4.74 Å². The highest BCUT2D eigenvalue weighted by Crippen LogP contribution is 2.33. The Hall–Kier alpha value is -3.00. The van der Waals surface area contributed by atoms with Gasteiger partial charge in [-0.25, -0.2) is 0 Å². The maximum atomic E-state index is 12.7. The van der Waals surface area contributed by atoms with Gasteiger partial charge in [0.15, 0.2) is 0 Å². The molecule has 4 rings (SSSR count). The molecule has 0 unspecified atom stereocenters. The third-order valence-electron chi connectivity index (χ3n) is 6.75. The van der Waals surface area contributed by atoms with E-state index in [1.165, 1.54) is 5.56 Å². The quantitative estimate of drug-likeness (QED) is 0.374. The molecule has 1 fully saturated rings. The lowest BCUT2D eigenvalue weighted by molar-refractivity contribution is 0.0827. The minimum Gasteiger partial charge on any atom is -0.375 e. The zero-order chi connectivity index (χ0) is 25.2. The van der Waals surface area contributed by atoms with Crippen LogP contribution in [0.15, 0.2) is 60.8 Å². The first kappa shape index (κ1) is 26.1. The Morgan fingerprint density at radius 1 is 1.19 bits per heavy atom. The Labute approximate surface area is 214 Å². The number of hydrogen-bond donors (Lipinski definition) is 2. The van der Waals surface area contributed by atoms with E-state index in [1.54, 1.807) is 0 Å². The molecule has 1 aliphatic heterocycles. The first-order valence-corrected chi connectivity index (χ1v) is 13.0. The fourth-order valence-corrected chi connectivity index (χ4v) is 4.82. The van der Waals surface area contributed by atoms with Crippen molar-refractivity contribution in [1.82, 2.24) is 25.3 Å². The summed E-state index contributed by atoms with van der Waals surface area (Å²) in [6.07, 6.45) is 5.10. The second-order valence-electron chi connectivity index (χ2n) is 9.87. The molecular formula is C29H39N5O2. The summed E-state index contributed by atoms with van der Waals surface area (Å²) in [5.41, 5.74) is 5.17. The molecule has 0 bridgehead atoms. The van der Waals surface area contributed by atoms with Gasteiger partial charge in [-0.3, -0.25) is 9.89 Å². The minimum absolute atomic E-state index is 0.0278. The summed E-state index contributed by atoms with van der Waals surface area (Å²) in [5, 5.41) is 10.7. The zero-order valence-electron chi connectivity index (χ0n) is 21.6. The number of nitrogens with zero attached hydrogens (tertiary/aromatic N) is 3. The maximum absolute atomic E-state index is 12.7. The molecule has 0 radical (unpaired) electrons. The number of rotatable bonds is 12. The smallest absolute Gasteiger partial charge is 0.251 e. The van der Waals surface area contributed by atoms with E-state index in [2.05, 4.69) is 43.5 Å². The van der Waals surface area contributed by atoms with Crippen LogP contribution >= 0.6 is 0 Å². The molecule has 1 aromatic heterocycles. The number of hydrogen-bond acceptors (Lipinski definition) is 5. The Kier molecular flexibility index (Phi) is 9.67. The van der Waals surface area contributed by atoms with Crippen LogP contribution in [0.4, 0.5) is 0 Å². The molecular weight excluding hydrogens is 450 g/mol. The second-order valence-corrected chi connectivity index (χ2v) is 9.87. The van der Waals surface area contributed by atoms with Gasteiger partial charge in [-0.1, -0.05) is 42.5 Å². The summed E-state index contributed by atoms with van der Waals surface area (Å²) in [7, 11) is 4.08. The van der Waals surface area contributed by atoms with Crippen molar-refractivity contribution < 1.29 is 9.53 Å². The van der Waals surface area contributed by atoms with E-state index in [0.717, 1.165) is 68.9 Å². The lowest BCUT2D eigenvalue weighted by Gasteiger charge is -2.32. The van der Waals surface area contributed by atoms with E-state index in [9.17, 15) is 4.79 Å². The zero-order valence-corrected chi connectivity index (χ0v) is 21.6. The average Bonchev–Trinajstić information content (AvgIpc) is 3.40. The van der Waals surface area contributed by atoms with Crippen LogP contribution in [-0.2, 0) is 11.3 Å². The number of aromatic nitrogens is 2. The van der Waals surface area contributed by atoms with Gasteiger partial charge in [-0.15, -0.1) is 0 Å². The third kappa shape index (κ3) is 7.50. The molecule has 1 aliphatic rings. The van der Waals surface area contributed by atoms with Gasteiger partial charge >= 0.3 is 0 Å². The first-order chi connectivity index (χ1) is 17.6. The van der Waals surface area contributed by atoms with Crippen molar-refractivity contribution in [2.45, 2.75) is 31.8 Å². The number of H-pyrrole nitrogens is 1. The fourth-order valence-electron chi connectivity index (χ4n) is 4.82. The molecule has 0 spiro atoms. The van der Waals surface area contributed by atoms with Crippen LogP contribution in [-0.4, -0.2) is 79.3 Å². The Morgan fingerprint density at radius 2 is 2.06 bits per heavy atom. The molecule has 7 heteroatoms. The van der Waals surface area contributed by atoms with Crippen molar-refractivity contribution in [2.24, 2.45) is 0 Å². The van der Waals surface area contributed by atoms with Crippen LogP contribution in [0.1, 0.15) is 46.8 Å². The summed E-state index contributed by atoms with van der Waals surface area (Å²) in [4.78, 5) is 17.3. The number of benzene rings is 2. The van der Waals surface area contributed by atoms with Crippen LogP contribution in [0.2, 0.25) is 0 Å². The predicted molar refractivity (Wildman–Crippen MR) is 144 cm³/mol. The minimum atomic E-state index is -0.0278. The van der Waals surface area contributed by atoms with Crippen molar-refractivity contribution in [2.75, 3.05) is 53.4 Å². The number of carbonyl (C=O) groups is 1. The standard InChI is InChI=1S/C29H39N5O2/c1-33(2)15-8-14-30-29(35)25-12-6-11-24(19-25)27-20-31-32-28(27)26-13-7-16-34(21-26)17-18-36-22-23-9-4-3-5-10-23/h3-6,9-12,19-20,26H,7-8,13-18,21-22H2,1-2H3,(H,30,35)(H,31,32)/t26-/m0/s1. The number of amides is 1. The summed E-state index contributed by atoms with van der Waals surface area (Å²) >= 11 is 0. The fraction of sp³-hybridized carbons (Fsp3) is 0.448. The van der Waals surface area contributed by atoms with Crippen LogP contribution in [0.5, 0.6) is 0 Å². The molecule has 1 atom stereocenters. The summed E-state index contributed by atoms with van der Waals surface area (Å²) < 4.78 is 5.92. The number of ether oxygens (including phenoxy) is 1. The van der Waals surface area contributed by atoms with E-state index in [-0.39, 0.29) is 5.91 Å². The molecule has 2 heterocycles. The normalized spacial score (nSPS) is 16.4. The molecule has 2 N–H and O–H groups in total. The summed E-state index contributed by atoms with van der Waals surface area (Å²) in [6, 6.07) is 18.2. The van der Waals surface area contributed by atoms with Crippen LogP contribution in [0.3, 0.4) is 0 Å². The van der Waals surface area contributed by atoms with Crippen molar-refractivity contribution in [3.8, 4) is 11.1 Å². The van der Waals surface area contributed by atoms with Crippen molar-refractivity contribution in [3.63, 3.8) is 0 Å². The Bertz CT molecular complexity index is 1080. The largest absolute Gasteiger partial charge is 0.375 e. The first-order valence-electron chi connectivity index (χ1n) is 13.0. The average molecular weight is 490 g/mol. The molecule has 0 aliphatic carbocycles. The molecule has 2 aromatic carbocycles. The molecule has 0 saturated carbocycles. The number of likely N-dealkylation sites (tertiary alicyclic amines) is 1. The van der Waals surface area contributed by atoms with Crippen molar-refractivity contribution in [3.05, 3.63) is 77.6 Å². The Morgan fingerprint density at radius 3 is 2.89 bits per heavy atom. The van der Waals surface area contributed by atoms with Crippen molar-refractivity contribution in [1.29, 1.82) is 0 Å². The van der Waals surface area contributed by atoms with E-state index >= 15 is 0 Å². The molecule has 1 amide bonds. The van der Waals surface area contributed by atoms with Gasteiger partial charge in [0.25, 0.3) is 5.91 Å². The summed E-state index contributed by atoms with van der Waals surface area (Å²) in [5.74, 6) is 0.355. The van der Waals surface area contributed by atoms with E-state index < -0.39 is 0 Å². The van der Waals surface area contributed by atoms with Gasteiger partial charge in [0, 0.05) is 42.4 Å². The van der Waals surface area contributed by atoms with Crippen LogP contribution < -0.4 is 5.32 Å². The number of piperidine rings is 1. The van der Waals surface area contributed by atoms with Gasteiger partial charge < -0.3 is 19.9 Å². The monoisotopic (exact) mass is 489 g/mol. The van der Waals surface area contributed by atoms with Crippen LogP contribution in [0.25, 0.3) is 11.1 Å². The topological polar surface area (TPSA) is 73.5 Å². The van der Waals surface area contributed by atoms with E-state index in [1.807, 2.05) is 56.7 Å². The number of carbonyl (C=O) groups excluding carboxylic acids is 1. The summed E-state index contributed by atoms with van der Waals surface area (Å²) in [6.45, 7) is 6.01. The van der Waals surface area contributed by atoms with Crippen LogP contribution in [0, 0.1) is 0 Å². The highest BCUT2D eigenvalue weighted by Gasteiger charge is 2.25. The second kappa shape index (κ2) is 13.3. The predicted octanol–water partition coefficient (Wildman–Crippen LogP) is 4.15. The SMILES string of the molecule is CN(C)CCCNC(=O)c1cccc(-c2cn[nH]c2[C@H]2CCCN(CCOCc3ccccc3)C2)c1.